The van der Waals surface area contributed by atoms with Crippen LogP contribution in [0.1, 0.15) is 5.56 Å². The summed E-state index contributed by atoms with van der Waals surface area (Å²) in [6, 6.07) is 3.57. The van der Waals surface area contributed by atoms with Gasteiger partial charge < -0.3 is 10.5 Å². The van der Waals surface area contributed by atoms with E-state index in [0.29, 0.717) is 16.3 Å². The van der Waals surface area contributed by atoms with Crippen LogP contribution in [-0.4, -0.2) is 16.7 Å². The fourth-order valence-corrected chi connectivity index (χ4v) is 1.64. The molecule has 0 amide bonds. The van der Waals surface area contributed by atoms with Gasteiger partial charge in [0.25, 0.3) is 0 Å². The minimum Gasteiger partial charge on any atom is -0.495 e. The number of halogens is 1. The molecule has 2 N–H and O–H groups in total. The molecule has 0 radical (unpaired) electrons. The van der Waals surface area contributed by atoms with Crippen LogP contribution in [0.2, 0.25) is 5.02 Å². The number of rotatable bonds is 1. The first-order chi connectivity index (χ1) is 7.17. The van der Waals surface area contributed by atoms with Crippen LogP contribution in [0, 0.1) is 11.3 Å². The van der Waals surface area contributed by atoms with Crippen LogP contribution in [0.25, 0.3) is 5.52 Å². The Bertz CT molecular complexity index is 569. The van der Waals surface area contributed by atoms with E-state index in [1.165, 1.54) is 11.6 Å². The summed E-state index contributed by atoms with van der Waals surface area (Å²) < 4.78 is 6.46. The molecular weight excluding hydrogens is 216 g/mol. The molecule has 15 heavy (non-hydrogen) atoms. The van der Waals surface area contributed by atoms with E-state index in [-0.39, 0.29) is 11.4 Å². The van der Waals surface area contributed by atoms with Crippen LogP contribution in [0.15, 0.2) is 12.3 Å². The second-order valence-corrected chi connectivity index (χ2v) is 3.30. The maximum Gasteiger partial charge on any atom is 0.164 e. The van der Waals surface area contributed by atoms with Gasteiger partial charge in [-0.05, 0) is 0 Å². The Labute approximate surface area is 90.6 Å². The van der Waals surface area contributed by atoms with Crippen LogP contribution in [0.5, 0.6) is 5.75 Å². The summed E-state index contributed by atoms with van der Waals surface area (Å²) in [6.07, 6.45) is 1.61. The molecule has 0 aliphatic rings. The zero-order chi connectivity index (χ0) is 11.0. The summed E-state index contributed by atoms with van der Waals surface area (Å²) in [6.45, 7) is 0. The molecule has 0 saturated carbocycles. The average molecular weight is 223 g/mol. The molecule has 0 bridgehead atoms. The number of nitriles is 1. The van der Waals surface area contributed by atoms with E-state index in [1.54, 1.807) is 12.3 Å². The lowest BCUT2D eigenvalue weighted by atomic mass is 10.2. The maximum absolute atomic E-state index is 8.88. The number of hydrogen-bond donors (Lipinski definition) is 1. The van der Waals surface area contributed by atoms with Crippen molar-refractivity contribution in [3.8, 4) is 11.8 Å². The Morgan fingerprint density at radius 3 is 3.00 bits per heavy atom. The molecule has 0 saturated heterocycles. The minimum absolute atomic E-state index is 0.160. The van der Waals surface area contributed by atoms with Gasteiger partial charge in [0, 0.05) is 6.07 Å². The molecular formula is C9H7ClN4O. The van der Waals surface area contributed by atoms with Crippen LogP contribution in [0.3, 0.4) is 0 Å². The fourth-order valence-electron chi connectivity index (χ4n) is 1.35. The van der Waals surface area contributed by atoms with Crippen molar-refractivity contribution < 1.29 is 4.74 Å². The fraction of sp³-hybridized carbons (Fsp3) is 0.111. The third-order valence-electron chi connectivity index (χ3n) is 2.03. The van der Waals surface area contributed by atoms with E-state index >= 15 is 0 Å². The van der Waals surface area contributed by atoms with E-state index < -0.39 is 0 Å². The third-order valence-corrected chi connectivity index (χ3v) is 2.32. The molecule has 0 fully saturated rings. The zero-order valence-electron chi connectivity index (χ0n) is 7.86. The van der Waals surface area contributed by atoms with E-state index in [2.05, 4.69) is 5.10 Å². The van der Waals surface area contributed by atoms with Crippen molar-refractivity contribution in [1.82, 2.24) is 9.61 Å². The lowest BCUT2D eigenvalue weighted by Crippen LogP contribution is -1.91. The molecule has 2 heterocycles. The van der Waals surface area contributed by atoms with Gasteiger partial charge in [0.2, 0.25) is 0 Å². The molecule has 2 rings (SSSR count). The number of fused-ring (bicyclic) bond motifs is 1. The Balaban J connectivity index is 2.87. The maximum atomic E-state index is 8.88. The molecule has 0 aliphatic carbocycles. The summed E-state index contributed by atoms with van der Waals surface area (Å²) in [4.78, 5) is 0. The summed E-state index contributed by atoms with van der Waals surface area (Å²) in [5, 5.41) is 13.2. The Hall–Kier alpha value is -1.93. The Morgan fingerprint density at radius 2 is 2.40 bits per heavy atom. The highest BCUT2D eigenvalue weighted by Crippen LogP contribution is 2.28. The summed E-state index contributed by atoms with van der Waals surface area (Å²) in [5.74, 6) is 0.715. The second-order valence-electron chi connectivity index (χ2n) is 2.89. The number of nitrogens with zero attached hydrogens (tertiary/aromatic N) is 3. The molecule has 6 heteroatoms. The first-order valence-corrected chi connectivity index (χ1v) is 4.46. The third kappa shape index (κ3) is 1.35. The number of aromatic nitrogens is 2. The number of hydrogen-bond acceptors (Lipinski definition) is 4. The Morgan fingerprint density at radius 1 is 1.67 bits per heavy atom. The van der Waals surface area contributed by atoms with Gasteiger partial charge in [-0.3, -0.25) is 0 Å². The van der Waals surface area contributed by atoms with Crippen molar-refractivity contribution in [3.05, 3.63) is 22.8 Å². The Kier molecular flexibility index (Phi) is 2.14. The predicted octanol–water partition coefficient (Wildman–Crippen LogP) is 1.45. The number of pyridine rings is 1. The average Bonchev–Trinajstić information content (AvgIpc) is 2.53. The smallest absolute Gasteiger partial charge is 0.164 e. The van der Waals surface area contributed by atoms with Crippen LogP contribution in [0.4, 0.5) is 5.82 Å². The molecule has 0 aliphatic heterocycles. The van der Waals surface area contributed by atoms with Crippen molar-refractivity contribution in [1.29, 1.82) is 5.26 Å². The van der Waals surface area contributed by atoms with Gasteiger partial charge in [-0.15, -0.1) is 5.10 Å². The molecule has 2 aromatic heterocycles. The van der Waals surface area contributed by atoms with Gasteiger partial charge in [-0.25, -0.2) is 4.52 Å². The lowest BCUT2D eigenvalue weighted by Gasteiger charge is -2.01. The SMILES string of the molecule is COc1cc(Cl)c2c(C#N)c(N)nn2c1. The van der Waals surface area contributed by atoms with E-state index in [4.69, 9.17) is 27.3 Å². The number of ether oxygens (including phenoxy) is 1. The molecule has 0 unspecified atom stereocenters. The van der Waals surface area contributed by atoms with Crippen LogP contribution >= 0.6 is 11.6 Å². The normalized spacial score (nSPS) is 10.2. The van der Waals surface area contributed by atoms with Gasteiger partial charge in [-0.2, -0.15) is 5.26 Å². The number of anilines is 1. The van der Waals surface area contributed by atoms with Crippen molar-refractivity contribution in [2.24, 2.45) is 0 Å². The zero-order valence-corrected chi connectivity index (χ0v) is 8.62. The number of nitrogens with two attached hydrogens (primary N) is 1. The first-order valence-electron chi connectivity index (χ1n) is 4.09. The second kappa shape index (κ2) is 3.33. The van der Waals surface area contributed by atoms with Crippen molar-refractivity contribution in [2.45, 2.75) is 0 Å². The topological polar surface area (TPSA) is 76.3 Å². The standard InChI is InChI=1S/C9H7ClN4O/c1-15-5-2-7(10)8-6(3-11)9(12)13-14(8)4-5/h2,4H,1H3,(H2,12,13). The summed E-state index contributed by atoms with van der Waals surface area (Å²) in [5.41, 5.74) is 6.35. The first kappa shape index (κ1) is 9.62. The summed E-state index contributed by atoms with van der Waals surface area (Å²) >= 11 is 5.99. The molecule has 0 aromatic carbocycles. The van der Waals surface area contributed by atoms with Crippen molar-refractivity contribution >= 4 is 22.9 Å². The largest absolute Gasteiger partial charge is 0.495 e. The van der Waals surface area contributed by atoms with Crippen molar-refractivity contribution in [2.75, 3.05) is 12.8 Å². The minimum atomic E-state index is 0.160. The van der Waals surface area contributed by atoms with Gasteiger partial charge in [0.05, 0.1) is 18.3 Å². The molecule has 2 aromatic rings. The van der Waals surface area contributed by atoms with Gasteiger partial charge in [0.1, 0.15) is 22.9 Å². The molecule has 0 spiro atoms. The van der Waals surface area contributed by atoms with E-state index in [1.807, 2.05) is 6.07 Å². The number of methoxy groups -OCH3 is 1. The predicted molar refractivity (Wildman–Crippen MR) is 55.9 cm³/mol. The lowest BCUT2D eigenvalue weighted by molar-refractivity contribution is 0.411. The van der Waals surface area contributed by atoms with Crippen LogP contribution < -0.4 is 10.5 Å². The van der Waals surface area contributed by atoms with Crippen LogP contribution in [-0.2, 0) is 0 Å². The van der Waals surface area contributed by atoms with E-state index in [0.717, 1.165) is 0 Å². The highest BCUT2D eigenvalue weighted by Gasteiger charge is 2.13. The monoisotopic (exact) mass is 222 g/mol. The molecule has 0 atom stereocenters. The quantitative estimate of drug-likeness (QED) is 0.792. The highest BCUT2D eigenvalue weighted by molar-refractivity contribution is 6.34. The van der Waals surface area contributed by atoms with Gasteiger partial charge in [0.15, 0.2) is 5.82 Å². The number of nitrogen functional groups attached to an aromatic ring is 1. The summed E-state index contributed by atoms with van der Waals surface area (Å²) in [7, 11) is 1.52. The highest BCUT2D eigenvalue weighted by atomic mass is 35.5. The molecule has 76 valence electrons. The molecule has 5 nitrogen and oxygen atoms in total. The van der Waals surface area contributed by atoms with Gasteiger partial charge in [-0.1, -0.05) is 11.6 Å². The van der Waals surface area contributed by atoms with Gasteiger partial charge >= 0.3 is 0 Å². The van der Waals surface area contributed by atoms with Crippen molar-refractivity contribution in [3.63, 3.8) is 0 Å². The van der Waals surface area contributed by atoms with E-state index in [9.17, 15) is 0 Å².